The molecule has 10 heteroatoms. The Morgan fingerprint density at radius 3 is 2.19 bits per heavy atom. The number of likely N-dealkylation sites (tertiary alicyclic amines) is 1. The van der Waals surface area contributed by atoms with Crippen molar-refractivity contribution in [3.63, 3.8) is 0 Å². The molecule has 2 saturated carbocycles. The summed E-state index contributed by atoms with van der Waals surface area (Å²) < 4.78 is 0. The van der Waals surface area contributed by atoms with Gasteiger partial charge in [-0.05, 0) is 88.1 Å². The maximum atomic E-state index is 12.7. The summed E-state index contributed by atoms with van der Waals surface area (Å²) in [5.74, 6) is 0.983. The number of nitrogens with two attached hydrogens (primary N) is 1. The summed E-state index contributed by atoms with van der Waals surface area (Å²) in [6.07, 6.45) is 17.1. The van der Waals surface area contributed by atoms with Crippen LogP contribution < -0.4 is 26.6 Å². The van der Waals surface area contributed by atoms with Gasteiger partial charge < -0.3 is 31.5 Å². The minimum absolute atomic E-state index is 0.0175. The average molecular weight is 589 g/mol. The van der Waals surface area contributed by atoms with Gasteiger partial charge in [0.05, 0.1) is 6.20 Å². The Kier molecular flexibility index (Phi) is 9.61. The lowest BCUT2D eigenvalue weighted by Gasteiger charge is -2.36. The Hall–Kier alpha value is -3.40. The van der Waals surface area contributed by atoms with Crippen LogP contribution in [-0.2, 0) is 0 Å². The van der Waals surface area contributed by atoms with Crippen molar-refractivity contribution < 1.29 is 9.59 Å². The molecule has 0 bridgehead atoms. The standard InChI is InChI=1S/C33H48N8O2/c34-31(42)30-32(36-26-14-12-23(13-15-26)24-16-19-40(20-17-24)28-10-4-5-11-28)39-29(21-35-30)41-18-6-9-27(22-41)38-33(43)37-25-7-2-1-3-8-25/h12-15,21,24-25,27-28H,1-11,16-20,22H2,(H2,34,42)(H,36,39)(H2,37,38,43)/t27-/m1/s1. The highest BCUT2D eigenvalue weighted by atomic mass is 16.2. The fraction of sp³-hybridized carbons (Fsp3) is 0.636. The fourth-order valence-corrected chi connectivity index (χ4v) is 7.60. The predicted octanol–water partition coefficient (Wildman–Crippen LogP) is 5.04. The SMILES string of the molecule is NC(=O)c1ncc(N2CCC[C@@H](NC(=O)NC3CCCCC3)C2)nc1Nc1ccc(C2CCN(C3CCCC3)CC2)cc1. The Morgan fingerprint density at radius 2 is 1.47 bits per heavy atom. The second kappa shape index (κ2) is 13.9. The smallest absolute Gasteiger partial charge is 0.315 e. The number of anilines is 3. The lowest BCUT2D eigenvalue weighted by molar-refractivity contribution is 0.0996. The molecule has 2 aromatic rings. The van der Waals surface area contributed by atoms with Gasteiger partial charge in [0.25, 0.3) is 5.91 Å². The van der Waals surface area contributed by atoms with Gasteiger partial charge in [0.2, 0.25) is 0 Å². The molecule has 2 aliphatic carbocycles. The number of nitrogens with zero attached hydrogens (tertiary/aromatic N) is 4. The van der Waals surface area contributed by atoms with Crippen LogP contribution in [0.15, 0.2) is 30.5 Å². The summed E-state index contributed by atoms with van der Waals surface area (Å²) in [7, 11) is 0. The third-order valence-electron chi connectivity index (χ3n) is 10.0. The molecule has 3 heterocycles. The summed E-state index contributed by atoms with van der Waals surface area (Å²) in [6.45, 7) is 3.83. The van der Waals surface area contributed by atoms with Gasteiger partial charge in [-0.3, -0.25) is 4.79 Å². The molecular formula is C33H48N8O2. The Bertz CT molecular complexity index is 1230. The molecule has 6 rings (SSSR count). The van der Waals surface area contributed by atoms with Crippen molar-refractivity contribution in [2.24, 2.45) is 5.73 Å². The fourth-order valence-electron chi connectivity index (χ4n) is 7.60. The summed E-state index contributed by atoms with van der Waals surface area (Å²) in [4.78, 5) is 38.9. The first kappa shape index (κ1) is 29.7. The number of primary amides is 1. The molecule has 0 spiro atoms. The van der Waals surface area contributed by atoms with Gasteiger partial charge in [0.1, 0.15) is 5.82 Å². The van der Waals surface area contributed by atoms with Crippen molar-refractivity contribution in [2.45, 2.75) is 108 Å². The molecule has 1 atom stereocenters. The number of hydrogen-bond donors (Lipinski definition) is 4. The van der Waals surface area contributed by atoms with E-state index in [2.05, 4.69) is 55.0 Å². The first-order valence-electron chi connectivity index (χ1n) is 16.6. The number of nitrogens with one attached hydrogen (secondary N) is 3. The van der Waals surface area contributed by atoms with Gasteiger partial charge in [0.15, 0.2) is 11.5 Å². The van der Waals surface area contributed by atoms with Crippen LogP contribution in [0.4, 0.5) is 22.1 Å². The molecule has 4 aliphatic rings. The van der Waals surface area contributed by atoms with Crippen molar-refractivity contribution in [1.82, 2.24) is 25.5 Å². The predicted molar refractivity (Wildman–Crippen MR) is 170 cm³/mol. The van der Waals surface area contributed by atoms with E-state index in [0.717, 1.165) is 44.0 Å². The number of hydrogen-bond acceptors (Lipinski definition) is 7. The third-order valence-corrected chi connectivity index (χ3v) is 10.0. The zero-order valence-electron chi connectivity index (χ0n) is 25.4. The van der Waals surface area contributed by atoms with E-state index in [4.69, 9.17) is 10.7 Å². The number of piperidine rings is 2. The van der Waals surface area contributed by atoms with E-state index in [9.17, 15) is 9.59 Å². The van der Waals surface area contributed by atoms with Gasteiger partial charge in [-0.2, -0.15) is 0 Å². The number of benzene rings is 1. The van der Waals surface area contributed by atoms with E-state index in [0.29, 0.717) is 24.1 Å². The van der Waals surface area contributed by atoms with Crippen LogP contribution in [0.2, 0.25) is 0 Å². The number of carbonyl (C=O) groups is 2. The topological polar surface area (TPSA) is 129 Å². The number of rotatable bonds is 8. The molecule has 232 valence electrons. The molecule has 10 nitrogen and oxygen atoms in total. The zero-order chi connectivity index (χ0) is 29.6. The Morgan fingerprint density at radius 1 is 0.791 bits per heavy atom. The number of urea groups is 1. The summed E-state index contributed by atoms with van der Waals surface area (Å²) in [5, 5.41) is 9.63. The van der Waals surface area contributed by atoms with Crippen LogP contribution in [0, 0.1) is 0 Å². The van der Waals surface area contributed by atoms with Gasteiger partial charge in [-0.1, -0.05) is 44.2 Å². The first-order valence-corrected chi connectivity index (χ1v) is 16.6. The van der Waals surface area contributed by atoms with Crippen molar-refractivity contribution in [2.75, 3.05) is 36.4 Å². The van der Waals surface area contributed by atoms with Crippen LogP contribution >= 0.6 is 0 Å². The van der Waals surface area contributed by atoms with E-state index < -0.39 is 5.91 Å². The minimum Gasteiger partial charge on any atom is -0.364 e. The van der Waals surface area contributed by atoms with Crippen LogP contribution in [0.5, 0.6) is 0 Å². The van der Waals surface area contributed by atoms with Crippen LogP contribution in [0.1, 0.15) is 105 Å². The Labute approximate surface area is 255 Å². The molecular weight excluding hydrogens is 540 g/mol. The maximum Gasteiger partial charge on any atom is 0.315 e. The summed E-state index contributed by atoms with van der Waals surface area (Å²) >= 11 is 0. The zero-order valence-corrected chi connectivity index (χ0v) is 25.4. The molecule has 5 N–H and O–H groups in total. The second-order valence-corrected chi connectivity index (χ2v) is 13.0. The third kappa shape index (κ3) is 7.58. The molecule has 43 heavy (non-hydrogen) atoms. The van der Waals surface area contributed by atoms with Gasteiger partial charge in [-0.25, -0.2) is 14.8 Å². The molecule has 0 radical (unpaired) electrons. The normalized spacial score (nSPS) is 22.8. The lowest BCUT2D eigenvalue weighted by atomic mass is 9.88. The molecule has 1 aromatic carbocycles. The van der Waals surface area contributed by atoms with Crippen molar-refractivity contribution in [1.29, 1.82) is 0 Å². The number of amides is 3. The van der Waals surface area contributed by atoms with E-state index in [1.54, 1.807) is 6.20 Å². The van der Waals surface area contributed by atoms with E-state index in [1.165, 1.54) is 76.4 Å². The van der Waals surface area contributed by atoms with Gasteiger partial charge in [0, 0.05) is 36.9 Å². The van der Waals surface area contributed by atoms with Gasteiger partial charge in [-0.15, -0.1) is 0 Å². The molecule has 3 amide bonds. The largest absolute Gasteiger partial charge is 0.364 e. The van der Waals surface area contributed by atoms with Crippen LogP contribution in [-0.4, -0.2) is 71.1 Å². The molecule has 2 aliphatic heterocycles. The number of carbonyl (C=O) groups excluding carboxylic acids is 2. The van der Waals surface area contributed by atoms with Crippen LogP contribution in [0.25, 0.3) is 0 Å². The van der Waals surface area contributed by atoms with E-state index in [1.807, 2.05) is 0 Å². The maximum absolute atomic E-state index is 12.7. The van der Waals surface area contributed by atoms with Gasteiger partial charge >= 0.3 is 6.03 Å². The molecule has 2 saturated heterocycles. The summed E-state index contributed by atoms with van der Waals surface area (Å²) in [5.41, 5.74) is 8.00. The average Bonchev–Trinajstić information content (AvgIpc) is 3.57. The van der Waals surface area contributed by atoms with Crippen LogP contribution in [0.3, 0.4) is 0 Å². The molecule has 0 unspecified atom stereocenters. The van der Waals surface area contributed by atoms with E-state index >= 15 is 0 Å². The van der Waals surface area contributed by atoms with Crippen molar-refractivity contribution in [3.8, 4) is 0 Å². The monoisotopic (exact) mass is 588 g/mol. The lowest BCUT2D eigenvalue weighted by Crippen LogP contribution is -2.52. The molecule has 4 fully saturated rings. The quantitative estimate of drug-likeness (QED) is 0.340. The highest BCUT2D eigenvalue weighted by Gasteiger charge is 2.28. The van der Waals surface area contributed by atoms with Crippen molar-refractivity contribution >= 4 is 29.3 Å². The highest BCUT2D eigenvalue weighted by Crippen LogP contribution is 2.33. The highest BCUT2D eigenvalue weighted by molar-refractivity contribution is 5.96. The molecule has 1 aromatic heterocycles. The van der Waals surface area contributed by atoms with E-state index in [-0.39, 0.29) is 23.8 Å². The minimum atomic E-state index is -0.621. The Balaban J connectivity index is 1.07. The summed E-state index contributed by atoms with van der Waals surface area (Å²) in [6, 6.07) is 9.52. The second-order valence-electron chi connectivity index (χ2n) is 13.0. The van der Waals surface area contributed by atoms with Crippen molar-refractivity contribution in [3.05, 3.63) is 41.7 Å². The number of aromatic nitrogens is 2. The first-order chi connectivity index (χ1) is 21.0.